The predicted octanol–water partition coefficient (Wildman–Crippen LogP) is 3.59. The van der Waals surface area contributed by atoms with E-state index in [1.807, 2.05) is 0 Å². The second-order valence-electron chi connectivity index (χ2n) is 6.88. The van der Waals surface area contributed by atoms with Gasteiger partial charge in [-0.1, -0.05) is 24.3 Å². The maximum Gasteiger partial charge on any atom is 0.330 e. The van der Waals surface area contributed by atoms with E-state index in [9.17, 15) is 4.79 Å². The van der Waals surface area contributed by atoms with E-state index in [4.69, 9.17) is 0 Å². The molecular formula is C21H27N3O2. The molecule has 0 spiro atoms. The third kappa shape index (κ3) is 4.22. The Balaban J connectivity index is 1.64. The van der Waals surface area contributed by atoms with Crippen molar-refractivity contribution in [3.63, 3.8) is 0 Å². The Kier molecular flexibility index (Phi) is 5.89. The van der Waals surface area contributed by atoms with E-state index in [-0.39, 0.29) is 5.97 Å². The van der Waals surface area contributed by atoms with E-state index >= 15 is 0 Å². The first kappa shape index (κ1) is 18.4. The van der Waals surface area contributed by atoms with Crippen LogP contribution in [0.3, 0.4) is 0 Å². The van der Waals surface area contributed by atoms with Gasteiger partial charge in [0, 0.05) is 24.4 Å². The average Bonchev–Trinajstić information content (AvgIpc) is 3.25. The van der Waals surface area contributed by atoms with Crippen molar-refractivity contribution in [3.8, 4) is 0 Å². The van der Waals surface area contributed by atoms with Crippen LogP contribution in [0.25, 0.3) is 6.08 Å². The number of benzene rings is 1. The summed E-state index contributed by atoms with van der Waals surface area (Å²) in [6, 6.07) is 8.95. The second kappa shape index (κ2) is 8.32. The van der Waals surface area contributed by atoms with E-state index in [1.54, 1.807) is 6.08 Å². The van der Waals surface area contributed by atoms with Crippen molar-refractivity contribution in [3.05, 3.63) is 58.4 Å². The fourth-order valence-electron chi connectivity index (χ4n) is 3.73. The van der Waals surface area contributed by atoms with Crippen LogP contribution in [0, 0.1) is 13.8 Å². The molecule has 1 aromatic carbocycles. The van der Waals surface area contributed by atoms with Gasteiger partial charge in [-0.25, -0.2) is 4.79 Å². The number of H-pyrrole nitrogens is 1. The van der Waals surface area contributed by atoms with Gasteiger partial charge in [0.25, 0.3) is 0 Å². The van der Waals surface area contributed by atoms with Crippen LogP contribution in [0.2, 0.25) is 0 Å². The van der Waals surface area contributed by atoms with Gasteiger partial charge in [-0.3, -0.25) is 10.00 Å². The highest BCUT2D eigenvalue weighted by atomic mass is 16.5. The zero-order valence-corrected chi connectivity index (χ0v) is 15.8. The monoisotopic (exact) mass is 353 g/mol. The number of likely N-dealkylation sites (tertiary alicyclic amines) is 1. The molecule has 1 atom stereocenters. The summed E-state index contributed by atoms with van der Waals surface area (Å²) in [6.07, 6.45) is 6.70. The molecule has 1 aliphatic rings. The summed E-state index contributed by atoms with van der Waals surface area (Å²) in [5, 5.41) is 7.38. The molecule has 5 heteroatoms. The molecular weight excluding hydrogens is 326 g/mol. The van der Waals surface area contributed by atoms with Crippen LogP contribution in [-0.2, 0) is 16.0 Å². The summed E-state index contributed by atoms with van der Waals surface area (Å²) in [6.45, 7) is 6.36. The van der Waals surface area contributed by atoms with Crippen molar-refractivity contribution in [2.45, 2.75) is 39.2 Å². The molecule has 0 aliphatic carbocycles. The van der Waals surface area contributed by atoms with Gasteiger partial charge >= 0.3 is 5.97 Å². The maximum absolute atomic E-state index is 11.2. The molecule has 0 amide bonds. The third-order valence-electron chi connectivity index (χ3n) is 5.23. The number of hydrogen-bond acceptors (Lipinski definition) is 4. The summed E-state index contributed by atoms with van der Waals surface area (Å²) in [5.41, 5.74) is 5.99. The molecule has 2 aromatic rings. The molecule has 0 radical (unpaired) electrons. The van der Waals surface area contributed by atoms with E-state index in [1.165, 1.54) is 42.8 Å². The lowest BCUT2D eigenvalue weighted by atomic mass is 10.0. The van der Waals surface area contributed by atoms with Gasteiger partial charge in [-0.2, -0.15) is 5.10 Å². The standard InChI is InChI=1S/C21H27N3O2/c1-15-19(16(2)23-22-15)12-14-24-13-4-5-20(24)18-9-6-17(7-10-18)8-11-21(25)26-3/h6-11,20H,4-5,12-14H2,1-3H3,(H,22,23)/b11-8+/t20-/m1/s1. The van der Waals surface area contributed by atoms with Gasteiger partial charge in [0.15, 0.2) is 0 Å². The number of methoxy groups -OCH3 is 1. The highest BCUT2D eigenvalue weighted by molar-refractivity contribution is 5.86. The van der Waals surface area contributed by atoms with Gasteiger partial charge in [0.1, 0.15) is 0 Å². The molecule has 2 heterocycles. The number of aryl methyl sites for hydroxylation is 2. The Bertz CT molecular complexity index is 758. The number of ether oxygens (including phenoxy) is 1. The second-order valence-corrected chi connectivity index (χ2v) is 6.88. The Morgan fingerprint density at radius 2 is 2.12 bits per heavy atom. The van der Waals surface area contributed by atoms with Crippen LogP contribution >= 0.6 is 0 Å². The maximum atomic E-state index is 11.2. The topological polar surface area (TPSA) is 58.2 Å². The van der Waals surface area contributed by atoms with Gasteiger partial charge in [-0.15, -0.1) is 0 Å². The molecule has 5 nitrogen and oxygen atoms in total. The van der Waals surface area contributed by atoms with Gasteiger partial charge < -0.3 is 4.74 Å². The molecule has 26 heavy (non-hydrogen) atoms. The third-order valence-corrected chi connectivity index (χ3v) is 5.23. The molecule has 0 unspecified atom stereocenters. The normalized spacial score (nSPS) is 17.9. The first-order valence-electron chi connectivity index (χ1n) is 9.19. The number of esters is 1. The van der Waals surface area contributed by atoms with Gasteiger partial charge in [-0.05, 0) is 62.4 Å². The number of nitrogens with zero attached hydrogens (tertiary/aromatic N) is 2. The van der Waals surface area contributed by atoms with Crippen LogP contribution in [0.15, 0.2) is 30.3 Å². The number of rotatable bonds is 6. The summed E-state index contributed by atoms with van der Waals surface area (Å²) in [4.78, 5) is 13.8. The number of aromatic amines is 1. The zero-order valence-electron chi connectivity index (χ0n) is 15.8. The lowest BCUT2D eigenvalue weighted by Crippen LogP contribution is -2.26. The molecule has 1 aliphatic heterocycles. The van der Waals surface area contributed by atoms with E-state index < -0.39 is 0 Å². The molecule has 0 bridgehead atoms. The number of carbonyl (C=O) groups excluding carboxylic acids is 1. The van der Waals surface area contributed by atoms with Crippen LogP contribution in [0.5, 0.6) is 0 Å². The number of carbonyl (C=O) groups is 1. The van der Waals surface area contributed by atoms with Crippen LogP contribution in [0.4, 0.5) is 0 Å². The van der Waals surface area contributed by atoms with Crippen molar-refractivity contribution in [1.29, 1.82) is 0 Å². The molecule has 1 aromatic heterocycles. The molecule has 1 fully saturated rings. The number of nitrogens with one attached hydrogen (secondary N) is 1. The summed E-state index contributed by atoms with van der Waals surface area (Å²) in [5.74, 6) is -0.333. The highest BCUT2D eigenvalue weighted by Crippen LogP contribution is 2.32. The van der Waals surface area contributed by atoms with E-state index in [0.717, 1.165) is 30.8 Å². The van der Waals surface area contributed by atoms with Gasteiger partial charge in [0.05, 0.1) is 12.8 Å². The number of hydrogen-bond donors (Lipinski definition) is 1. The lowest BCUT2D eigenvalue weighted by molar-refractivity contribution is -0.134. The Hall–Kier alpha value is -2.40. The summed E-state index contributed by atoms with van der Waals surface area (Å²) < 4.78 is 4.63. The molecule has 138 valence electrons. The quantitative estimate of drug-likeness (QED) is 0.637. The van der Waals surface area contributed by atoms with Crippen LogP contribution < -0.4 is 0 Å². The minimum absolute atomic E-state index is 0.333. The average molecular weight is 353 g/mol. The Morgan fingerprint density at radius 1 is 1.35 bits per heavy atom. The first-order chi connectivity index (χ1) is 12.6. The minimum atomic E-state index is -0.333. The zero-order chi connectivity index (χ0) is 18.5. The highest BCUT2D eigenvalue weighted by Gasteiger charge is 2.25. The first-order valence-corrected chi connectivity index (χ1v) is 9.19. The Labute approximate surface area is 155 Å². The number of aromatic nitrogens is 2. The van der Waals surface area contributed by atoms with Crippen LogP contribution in [-0.4, -0.2) is 41.3 Å². The van der Waals surface area contributed by atoms with Crippen LogP contribution in [0.1, 0.15) is 47.0 Å². The minimum Gasteiger partial charge on any atom is -0.466 e. The lowest BCUT2D eigenvalue weighted by Gasteiger charge is -2.25. The van der Waals surface area contributed by atoms with Crippen molar-refractivity contribution < 1.29 is 9.53 Å². The predicted molar refractivity (Wildman–Crippen MR) is 103 cm³/mol. The fourth-order valence-corrected chi connectivity index (χ4v) is 3.73. The van der Waals surface area contributed by atoms with Crippen molar-refractivity contribution in [2.75, 3.05) is 20.2 Å². The van der Waals surface area contributed by atoms with E-state index in [0.29, 0.717) is 6.04 Å². The Morgan fingerprint density at radius 3 is 2.77 bits per heavy atom. The van der Waals surface area contributed by atoms with E-state index in [2.05, 4.69) is 57.9 Å². The van der Waals surface area contributed by atoms with Crippen molar-refractivity contribution in [2.24, 2.45) is 0 Å². The smallest absolute Gasteiger partial charge is 0.330 e. The summed E-state index contributed by atoms with van der Waals surface area (Å²) in [7, 11) is 1.39. The van der Waals surface area contributed by atoms with Crippen molar-refractivity contribution >= 4 is 12.0 Å². The molecule has 3 rings (SSSR count). The molecule has 0 saturated carbocycles. The van der Waals surface area contributed by atoms with Gasteiger partial charge in [0.2, 0.25) is 0 Å². The fraction of sp³-hybridized carbons (Fsp3) is 0.429. The summed E-state index contributed by atoms with van der Waals surface area (Å²) >= 11 is 0. The molecule has 1 N–H and O–H groups in total. The SMILES string of the molecule is COC(=O)/C=C/c1ccc([C@H]2CCCN2CCc2c(C)n[nH]c2C)cc1. The largest absolute Gasteiger partial charge is 0.466 e. The molecule has 1 saturated heterocycles. The van der Waals surface area contributed by atoms with Crippen molar-refractivity contribution in [1.82, 2.24) is 15.1 Å².